The average molecular weight is 341 g/mol. The molecule has 3 rings (SSSR count). The highest BCUT2D eigenvalue weighted by Gasteiger charge is 2.37. The van der Waals surface area contributed by atoms with Gasteiger partial charge in [0.1, 0.15) is 12.6 Å². The van der Waals surface area contributed by atoms with Gasteiger partial charge in [-0.25, -0.2) is 4.68 Å². The Morgan fingerprint density at radius 2 is 1.96 bits per heavy atom. The van der Waals surface area contributed by atoms with Crippen LogP contribution in [-0.2, 0) is 22.7 Å². The molecule has 7 heteroatoms. The molecule has 0 spiro atoms. The van der Waals surface area contributed by atoms with E-state index < -0.39 is 6.04 Å². The maximum absolute atomic E-state index is 13.1. The average Bonchev–Trinajstić information content (AvgIpc) is 2.95. The molecule has 132 valence electrons. The number of amides is 2. The minimum Gasteiger partial charge on any atom is -0.349 e. The van der Waals surface area contributed by atoms with E-state index in [1.54, 1.807) is 15.8 Å². The molecule has 1 unspecified atom stereocenters. The van der Waals surface area contributed by atoms with Crippen LogP contribution in [-0.4, -0.2) is 37.2 Å². The fourth-order valence-electron chi connectivity index (χ4n) is 3.03. The Morgan fingerprint density at radius 1 is 1.24 bits per heavy atom. The van der Waals surface area contributed by atoms with Crippen molar-refractivity contribution in [2.45, 2.75) is 52.4 Å². The lowest BCUT2D eigenvalue weighted by Gasteiger charge is -2.36. The lowest BCUT2D eigenvalue weighted by Crippen LogP contribution is -2.51. The highest BCUT2D eigenvalue weighted by Crippen LogP contribution is 2.28. The predicted octanol–water partition coefficient (Wildman–Crippen LogP) is 1.58. The van der Waals surface area contributed by atoms with Crippen molar-refractivity contribution in [3.63, 3.8) is 0 Å². The third-order valence-corrected chi connectivity index (χ3v) is 4.18. The van der Waals surface area contributed by atoms with Gasteiger partial charge in [-0.05, 0) is 38.8 Å². The number of hydrogen-bond donors (Lipinski definition) is 1. The minimum absolute atomic E-state index is 0.0977. The van der Waals surface area contributed by atoms with Gasteiger partial charge in [0.05, 0.1) is 18.4 Å². The number of hydrogen-bond acceptors (Lipinski definition) is 4. The number of fused-ring (bicyclic) bond motifs is 1. The Labute approximate surface area is 147 Å². The minimum atomic E-state index is -0.684. The van der Waals surface area contributed by atoms with E-state index in [2.05, 4.69) is 15.6 Å². The molecule has 0 radical (unpaired) electrons. The van der Waals surface area contributed by atoms with Crippen molar-refractivity contribution in [1.29, 1.82) is 0 Å². The van der Waals surface area contributed by atoms with E-state index in [4.69, 9.17) is 0 Å². The normalized spacial score (nSPS) is 15.7. The molecule has 1 aliphatic rings. The highest BCUT2D eigenvalue weighted by molar-refractivity contribution is 5.89. The Hall–Kier alpha value is -2.70. The molecule has 1 atom stereocenters. The van der Waals surface area contributed by atoms with Crippen molar-refractivity contribution < 1.29 is 9.59 Å². The van der Waals surface area contributed by atoms with E-state index in [1.807, 2.05) is 52.0 Å². The van der Waals surface area contributed by atoms with Crippen molar-refractivity contribution in [2.75, 3.05) is 0 Å². The molecule has 0 saturated carbocycles. The first-order valence-corrected chi connectivity index (χ1v) is 8.30. The molecule has 0 aliphatic carbocycles. The fraction of sp³-hybridized carbons (Fsp3) is 0.444. The van der Waals surface area contributed by atoms with E-state index in [0.717, 1.165) is 16.8 Å². The van der Waals surface area contributed by atoms with Gasteiger partial charge in [0.25, 0.3) is 0 Å². The summed E-state index contributed by atoms with van der Waals surface area (Å²) in [6.45, 7) is 8.14. The highest BCUT2D eigenvalue weighted by atomic mass is 16.2. The van der Waals surface area contributed by atoms with E-state index in [9.17, 15) is 9.59 Å². The van der Waals surface area contributed by atoms with Crippen molar-refractivity contribution in [3.8, 4) is 0 Å². The van der Waals surface area contributed by atoms with Crippen LogP contribution in [0.3, 0.4) is 0 Å². The summed E-state index contributed by atoms with van der Waals surface area (Å²) in [4.78, 5) is 27.4. The Balaban J connectivity index is 2.01. The smallest absolute Gasteiger partial charge is 0.247 e. The Bertz CT molecular complexity index is 806. The molecule has 1 aliphatic heterocycles. The third-order valence-electron chi connectivity index (χ3n) is 4.18. The lowest BCUT2D eigenvalue weighted by atomic mass is 9.97. The summed E-state index contributed by atoms with van der Waals surface area (Å²) in [5.74, 6) is -0.327. The second-order valence-corrected chi connectivity index (χ2v) is 7.40. The molecule has 1 N–H and O–H groups in total. The van der Waals surface area contributed by atoms with Crippen LogP contribution in [0.2, 0.25) is 0 Å². The first kappa shape index (κ1) is 17.1. The van der Waals surface area contributed by atoms with Gasteiger partial charge in [-0.2, -0.15) is 0 Å². The third kappa shape index (κ3) is 3.55. The zero-order chi connectivity index (χ0) is 18.2. The van der Waals surface area contributed by atoms with E-state index in [0.29, 0.717) is 6.54 Å². The Morgan fingerprint density at radius 3 is 2.64 bits per heavy atom. The van der Waals surface area contributed by atoms with Gasteiger partial charge in [0.2, 0.25) is 11.8 Å². The molecule has 2 heterocycles. The zero-order valence-corrected chi connectivity index (χ0v) is 15.0. The molecule has 0 bridgehead atoms. The van der Waals surface area contributed by atoms with Gasteiger partial charge in [0, 0.05) is 5.54 Å². The first-order chi connectivity index (χ1) is 11.8. The molecule has 7 nitrogen and oxygen atoms in total. The summed E-state index contributed by atoms with van der Waals surface area (Å²) in [6, 6.07) is 6.98. The largest absolute Gasteiger partial charge is 0.349 e. The predicted molar refractivity (Wildman–Crippen MR) is 92.4 cm³/mol. The number of aryl methyl sites for hydroxylation is 1. The van der Waals surface area contributed by atoms with Gasteiger partial charge < -0.3 is 10.2 Å². The van der Waals surface area contributed by atoms with Crippen LogP contribution < -0.4 is 5.32 Å². The lowest BCUT2D eigenvalue weighted by molar-refractivity contribution is -0.144. The number of nitrogens with one attached hydrogen (secondary N) is 1. The number of aromatic nitrogens is 3. The van der Waals surface area contributed by atoms with Gasteiger partial charge in [0.15, 0.2) is 0 Å². The standard InChI is InChI=1S/C18H23N5O2/c1-12-7-5-6-8-14(12)16(17(25)20-18(2,3)4)22-10-13-9-19-21-23(13)11-15(22)24/h5-9,16H,10-11H2,1-4H3,(H,20,25). The summed E-state index contributed by atoms with van der Waals surface area (Å²) < 4.78 is 1.58. The number of rotatable bonds is 3. The van der Waals surface area contributed by atoms with Crippen molar-refractivity contribution in [1.82, 2.24) is 25.2 Å². The molecule has 0 fully saturated rings. The van der Waals surface area contributed by atoms with Crippen LogP contribution in [0.4, 0.5) is 0 Å². The van der Waals surface area contributed by atoms with Gasteiger partial charge in [-0.1, -0.05) is 29.5 Å². The molecular formula is C18H23N5O2. The second kappa shape index (κ2) is 6.31. The number of carbonyl (C=O) groups excluding carboxylic acids is 2. The van der Waals surface area contributed by atoms with Crippen LogP contribution in [0.5, 0.6) is 0 Å². The molecule has 1 aromatic carbocycles. The van der Waals surface area contributed by atoms with Gasteiger partial charge >= 0.3 is 0 Å². The maximum atomic E-state index is 13.1. The fourth-order valence-corrected chi connectivity index (χ4v) is 3.03. The van der Waals surface area contributed by atoms with Crippen molar-refractivity contribution >= 4 is 11.8 Å². The van der Waals surface area contributed by atoms with Gasteiger partial charge in [-0.3, -0.25) is 9.59 Å². The number of nitrogens with zero attached hydrogens (tertiary/aromatic N) is 4. The van der Waals surface area contributed by atoms with Crippen LogP contribution in [0, 0.1) is 6.92 Å². The topological polar surface area (TPSA) is 80.1 Å². The van der Waals surface area contributed by atoms with Crippen molar-refractivity contribution in [2.24, 2.45) is 0 Å². The van der Waals surface area contributed by atoms with Crippen molar-refractivity contribution in [3.05, 3.63) is 47.3 Å². The summed E-state index contributed by atoms with van der Waals surface area (Å²) in [5, 5.41) is 10.8. The summed E-state index contributed by atoms with van der Waals surface area (Å²) in [7, 11) is 0. The maximum Gasteiger partial charge on any atom is 0.247 e. The molecule has 0 saturated heterocycles. The van der Waals surface area contributed by atoms with E-state index in [-0.39, 0.29) is 23.9 Å². The second-order valence-electron chi connectivity index (χ2n) is 7.40. The van der Waals surface area contributed by atoms with Crippen LogP contribution in [0.15, 0.2) is 30.5 Å². The molecule has 25 heavy (non-hydrogen) atoms. The first-order valence-electron chi connectivity index (χ1n) is 8.30. The number of carbonyl (C=O) groups is 2. The zero-order valence-electron chi connectivity index (χ0n) is 15.0. The van der Waals surface area contributed by atoms with Crippen LogP contribution in [0.25, 0.3) is 0 Å². The van der Waals surface area contributed by atoms with Gasteiger partial charge in [-0.15, -0.1) is 5.10 Å². The SMILES string of the molecule is Cc1ccccc1C(C(=O)NC(C)(C)C)N1Cc2cnnn2CC1=O. The van der Waals surface area contributed by atoms with Crippen LogP contribution >= 0.6 is 0 Å². The van der Waals surface area contributed by atoms with E-state index in [1.165, 1.54) is 0 Å². The van der Waals surface area contributed by atoms with Crippen LogP contribution in [0.1, 0.15) is 43.6 Å². The van der Waals surface area contributed by atoms with E-state index >= 15 is 0 Å². The molecule has 2 amide bonds. The monoisotopic (exact) mass is 341 g/mol. The quantitative estimate of drug-likeness (QED) is 0.919. The number of benzene rings is 1. The molecule has 1 aromatic heterocycles. The summed E-state index contributed by atoms with van der Waals surface area (Å²) in [6.07, 6.45) is 1.63. The summed E-state index contributed by atoms with van der Waals surface area (Å²) >= 11 is 0. The molecular weight excluding hydrogens is 318 g/mol. The molecule has 2 aromatic rings. The summed E-state index contributed by atoms with van der Waals surface area (Å²) in [5.41, 5.74) is 2.24. The Kier molecular flexibility index (Phi) is 4.32.